The zero-order valence-electron chi connectivity index (χ0n) is 13.2. The molecule has 24 heavy (non-hydrogen) atoms. The molecule has 2 aromatic carbocycles. The van der Waals surface area contributed by atoms with E-state index in [-0.39, 0.29) is 30.1 Å². The summed E-state index contributed by atoms with van der Waals surface area (Å²) < 4.78 is 29.2. The summed E-state index contributed by atoms with van der Waals surface area (Å²) in [5, 5.41) is 0. The van der Waals surface area contributed by atoms with Gasteiger partial charge in [0.25, 0.3) is 5.91 Å². The van der Waals surface area contributed by atoms with Crippen LogP contribution >= 0.6 is 0 Å². The molecule has 0 N–H and O–H groups in total. The van der Waals surface area contributed by atoms with E-state index in [0.717, 1.165) is 0 Å². The highest BCUT2D eigenvalue weighted by atomic mass is 32.2. The molecule has 1 saturated heterocycles. The van der Waals surface area contributed by atoms with Gasteiger partial charge in [0.05, 0.1) is 17.5 Å². The van der Waals surface area contributed by atoms with E-state index in [2.05, 4.69) is 0 Å². The van der Waals surface area contributed by atoms with E-state index in [4.69, 9.17) is 4.74 Å². The average Bonchev–Trinajstić information content (AvgIpc) is 2.95. The number of sulfone groups is 1. The molecule has 1 amide bonds. The van der Waals surface area contributed by atoms with Crippen LogP contribution in [0.15, 0.2) is 60.7 Å². The molecular weight excluding hydrogens is 326 g/mol. The number of nitrogens with zero attached hydrogens (tertiary/aromatic N) is 1. The monoisotopic (exact) mass is 345 g/mol. The van der Waals surface area contributed by atoms with Crippen LogP contribution in [0.2, 0.25) is 0 Å². The Balaban J connectivity index is 1.78. The molecule has 0 radical (unpaired) electrons. The number of rotatable bonds is 5. The zero-order valence-corrected chi connectivity index (χ0v) is 14.0. The van der Waals surface area contributed by atoms with Gasteiger partial charge in [-0.25, -0.2) is 8.42 Å². The van der Waals surface area contributed by atoms with E-state index in [1.165, 1.54) is 0 Å². The van der Waals surface area contributed by atoms with Crippen molar-refractivity contribution in [1.29, 1.82) is 0 Å². The fourth-order valence-corrected chi connectivity index (χ4v) is 4.56. The van der Waals surface area contributed by atoms with Crippen molar-refractivity contribution in [2.75, 3.05) is 23.0 Å². The molecule has 0 aromatic heterocycles. The molecule has 1 aliphatic rings. The van der Waals surface area contributed by atoms with Gasteiger partial charge in [-0.05, 0) is 30.7 Å². The van der Waals surface area contributed by atoms with Crippen molar-refractivity contribution in [2.45, 2.75) is 12.5 Å². The summed E-state index contributed by atoms with van der Waals surface area (Å²) in [6.07, 6.45) is 0.453. The Morgan fingerprint density at radius 2 is 1.67 bits per heavy atom. The Bertz CT molecular complexity index is 790. The molecule has 0 unspecified atom stereocenters. The molecule has 6 heteroatoms. The topological polar surface area (TPSA) is 63.7 Å². The van der Waals surface area contributed by atoms with Crippen molar-refractivity contribution < 1.29 is 17.9 Å². The predicted octanol–water partition coefficient (Wildman–Crippen LogP) is 2.29. The van der Waals surface area contributed by atoms with Gasteiger partial charge in [-0.15, -0.1) is 0 Å². The van der Waals surface area contributed by atoms with Crippen LogP contribution in [0.4, 0.5) is 5.69 Å². The molecule has 0 aliphatic carbocycles. The molecule has 1 fully saturated rings. The van der Waals surface area contributed by atoms with E-state index in [0.29, 0.717) is 17.9 Å². The highest BCUT2D eigenvalue weighted by Gasteiger charge is 2.35. The molecular formula is C18H19NO4S. The highest BCUT2D eigenvalue weighted by Crippen LogP contribution is 2.24. The number of benzene rings is 2. The maximum Gasteiger partial charge on any atom is 0.265 e. The second-order valence-electron chi connectivity index (χ2n) is 5.76. The normalized spacial score (nSPS) is 18.9. The summed E-state index contributed by atoms with van der Waals surface area (Å²) in [4.78, 5) is 14.3. The lowest BCUT2D eigenvalue weighted by atomic mass is 10.2. The van der Waals surface area contributed by atoms with Crippen LogP contribution in [0.25, 0.3) is 0 Å². The third kappa shape index (κ3) is 3.94. The molecule has 0 bridgehead atoms. The zero-order chi connectivity index (χ0) is 17.0. The summed E-state index contributed by atoms with van der Waals surface area (Å²) in [6.45, 7) is -0.130. The highest BCUT2D eigenvalue weighted by molar-refractivity contribution is 7.91. The van der Waals surface area contributed by atoms with E-state index in [9.17, 15) is 13.2 Å². The van der Waals surface area contributed by atoms with Gasteiger partial charge in [-0.3, -0.25) is 4.79 Å². The minimum absolute atomic E-state index is 0.00102. The third-order valence-corrected chi connectivity index (χ3v) is 5.73. The molecule has 5 nitrogen and oxygen atoms in total. The maximum atomic E-state index is 12.7. The van der Waals surface area contributed by atoms with E-state index in [1.807, 2.05) is 48.5 Å². The van der Waals surface area contributed by atoms with Crippen LogP contribution in [-0.4, -0.2) is 38.5 Å². The summed E-state index contributed by atoms with van der Waals surface area (Å²) in [5.41, 5.74) is 0.696. The van der Waals surface area contributed by atoms with Crippen LogP contribution in [0.3, 0.4) is 0 Å². The van der Waals surface area contributed by atoms with Gasteiger partial charge in [-0.1, -0.05) is 36.4 Å². The number of para-hydroxylation sites is 2. The minimum Gasteiger partial charge on any atom is -0.484 e. The predicted molar refractivity (Wildman–Crippen MR) is 92.9 cm³/mol. The van der Waals surface area contributed by atoms with Gasteiger partial charge in [0.1, 0.15) is 5.75 Å². The first-order chi connectivity index (χ1) is 11.6. The average molecular weight is 345 g/mol. The van der Waals surface area contributed by atoms with Crippen LogP contribution in [0.5, 0.6) is 5.75 Å². The maximum absolute atomic E-state index is 12.7. The standard InChI is InChI=1S/C18H19NO4S/c20-18(13-23-17-9-5-2-6-10-17)19(15-7-3-1-4-8-15)16-11-12-24(21,22)14-16/h1-10,16H,11-14H2/t16-/m1/s1. The van der Waals surface area contributed by atoms with Crippen LogP contribution in [0.1, 0.15) is 6.42 Å². The number of carbonyl (C=O) groups excluding carboxylic acids is 1. The molecule has 126 valence electrons. The first-order valence-electron chi connectivity index (χ1n) is 7.80. The van der Waals surface area contributed by atoms with Crippen molar-refractivity contribution in [1.82, 2.24) is 0 Å². The molecule has 0 spiro atoms. The number of hydrogen-bond donors (Lipinski definition) is 0. The van der Waals surface area contributed by atoms with Gasteiger partial charge in [-0.2, -0.15) is 0 Å². The van der Waals surface area contributed by atoms with E-state index < -0.39 is 9.84 Å². The van der Waals surface area contributed by atoms with Gasteiger partial charge in [0.15, 0.2) is 16.4 Å². The number of hydrogen-bond acceptors (Lipinski definition) is 4. The lowest BCUT2D eigenvalue weighted by molar-refractivity contribution is -0.121. The smallest absolute Gasteiger partial charge is 0.265 e. The first-order valence-corrected chi connectivity index (χ1v) is 9.63. The molecule has 0 saturated carbocycles. The lowest BCUT2D eigenvalue weighted by Crippen LogP contribution is -2.43. The van der Waals surface area contributed by atoms with Gasteiger partial charge in [0.2, 0.25) is 0 Å². The second-order valence-corrected chi connectivity index (χ2v) is 7.99. The number of carbonyl (C=O) groups is 1. The molecule has 2 aromatic rings. The summed E-state index contributed by atoms with van der Waals surface area (Å²) in [7, 11) is -3.08. The van der Waals surface area contributed by atoms with Crippen molar-refractivity contribution in [3.05, 3.63) is 60.7 Å². The summed E-state index contributed by atoms with van der Waals surface area (Å²) in [5.74, 6) is 0.484. The number of anilines is 1. The Hall–Kier alpha value is -2.34. The first kappa shape index (κ1) is 16.5. The van der Waals surface area contributed by atoms with Crippen LogP contribution < -0.4 is 9.64 Å². The quantitative estimate of drug-likeness (QED) is 0.834. The molecule has 1 atom stereocenters. The lowest BCUT2D eigenvalue weighted by Gasteiger charge is -2.28. The van der Waals surface area contributed by atoms with Gasteiger partial charge >= 0.3 is 0 Å². The number of ether oxygens (including phenoxy) is 1. The third-order valence-electron chi connectivity index (χ3n) is 3.98. The Morgan fingerprint density at radius 1 is 1.04 bits per heavy atom. The molecule has 1 heterocycles. The van der Waals surface area contributed by atoms with Crippen LogP contribution in [0, 0.1) is 0 Å². The second kappa shape index (κ2) is 7.05. The summed E-state index contributed by atoms with van der Waals surface area (Å²) in [6, 6.07) is 17.9. The van der Waals surface area contributed by atoms with Gasteiger partial charge in [0, 0.05) is 5.69 Å². The Labute approximate surface area is 141 Å². The Kier molecular flexibility index (Phi) is 4.85. The van der Waals surface area contributed by atoms with Crippen LogP contribution in [-0.2, 0) is 14.6 Å². The Morgan fingerprint density at radius 3 is 2.25 bits per heavy atom. The molecule has 3 rings (SSSR count). The van der Waals surface area contributed by atoms with Crippen molar-refractivity contribution in [3.8, 4) is 5.75 Å². The molecule has 1 aliphatic heterocycles. The van der Waals surface area contributed by atoms with Gasteiger partial charge < -0.3 is 9.64 Å². The summed E-state index contributed by atoms with van der Waals surface area (Å²) >= 11 is 0. The fourth-order valence-electron chi connectivity index (χ4n) is 2.86. The SMILES string of the molecule is O=C(COc1ccccc1)N(c1ccccc1)[C@@H]1CCS(=O)(=O)C1. The van der Waals surface area contributed by atoms with E-state index in [1.54, 1.807) is 17.0 Å². The van der Waals surface area contributed by atoms with Crippen molar-refractivity contribution in [3.63, 3.8) is 0 Å². The fraction of sp³-hybridized carbons (Fsp3) is 0.278. The van der Waals surface area contributed by atoms with Crippen molar-refractivity contribution >= 4 is 21.4 Å². The minimum atomic E-state index is -3.08. The van der Waals surface area contributed by atoms with Crippen molar-refractivity contribution in [2.24, 2.45) is 0 Å². The van der Waals surface area contributed by atoms with E-state index >= 15 is 0 Å². The number of amides is 1. The largest absolute Gasteiger partial charge is 0.484 e.